The van der Waals surface area contributed by atoms with Gasteiger partial charge in [-0.25, -0.2) is 4.68 Å². The van der Waals surface area contributed by atoms with Crippen LogP contribution in [0.5, 0.6) is 0 Å². The minimum absolute atomic E-state index is 0.136. The molecule has 0 unspecified atom stereocenters. The number of H-pyrrole nitrogens is 1. The Bertz CT molecular complexity index is 516. The van der Waals surface area contributed by atoms with E-state index in [4.69, 9.17) is 23.2 Å². The van der Waals surface area contributed by atoms with Gasteiger partial charge in [-0.15, -0.1) is 0 Å². The van der Waals surface area contributed by atoms with Gasteiger partial charge in [-0.05, 0) is 18.2 Å². The lowest BCUT2D eigenvalue weighted by Gasteiger charge is -2.02. The van der Waals surface area contributed by atoms with E-state index in [0.717, 1.165) is 0 Å². The van der Waals surface area contributed by atoms with Gasteiger partial charge in [0.05, 0.1) is 15.7 Å². The van der Waals surface area contributed by atoms with Crippen molar-refractivity contribution >= 4 is 23.2 Å². The Kier molecular flexibility index (Phi) is 2.35. The van der Waals surface area contributed by atoms with E-state index in [1.165, 1.54) is 10.7 Å². The predicted molar refractivity (Wildman–Crippen MR) is 56.4 cm³/mol. The molecular formula is C9H6Cl2N2O. The molecule has 2 aromatic rings. The maximum Gasteiger partial charge on any atom is 0.271 e. The van der Waals surface area contributed by atoms with Crippen LogP contribution in [0.1, 0.15) is 0 Å². The number of aromatic nitrogens is 2. The fourth-order valence-electron chi connectivity index (χ4n) is 1.15. The number of aromatic amines is 1. The van der Waals surface area contributed by atoms with Crippen molar-refractivity contribution in [2.24, 2.45) is 0 Å². The highest BCUT2D eigenvalue weighted by Crippen LogP contribution is 2.23. The van der Waals surface area contributed by atoms with Crippen molar-refractivity contribution in [1.82, 2.24) is 9.78 Å². The standard InChI is InChI=1S/C9H6Cl2N2O/c10-7-2-1-6(5-8(7)11)13-9(14)3-4-12-13/h1-5,12H. The number of hydrogen-bond acceptors (Lipinski definition) is 1. The van der Waals surface area contributed by atoms with Crippen LogP contribution in [0.25, 0.3) is 5.69 Å². The Hall–Kier alpha value is -1.19. The molecule has 0 spiro atoms. The summed E-state index contributed by atoms with van der Waals surface area (Å²) in [4.78, 5) is 11.3. The van der Waals surface area contributed by atoms with E-state index in [-0.39, 0.29) is 5.56 Å². The predicted octanol–water partition coefficient (Wildman–Crippen LogP) is 2.47. The summed E-state index contributed by atoms with van der Waals surface area (Å²) in [6, 6.07) is 6.42. The van der Waals surface area contributed by atoms with Crippen LogP contribution >= 0.6 is 23.2 Å². The maximum absolute atomic E-state index is 11.3. The Morgan fingerprint density at radius 2 is 1.93 bits per heavy atom. The lowest BCUT2D eigenvalue weighted by molar-refractivity contribution is 0.849. The number of nitrogens with one attached hydrogen (secondary N) is 1. The molecule has 0 fully saturated rings. The molecule has 1 aromatic carbocycles. The van der Waals surface area contributed by atoms with Crippen LogP contribution in [0.4, 0.5) is 0 Å². The first-order chi connectivity index (χ1) is 6.68. The van der Waals surface area contributed by atoms with E-state index in [1.54, 1.807) is 24.4 Å². The molecule has 3 nitrogen and oxygen atoms in total. The van der Waals surface area contributed by atoms with Crippen molar-refractivity contribution in [2.75, 3.05) is 0 Å². The molecule has 1 N–H and O–H groups in total. The molecule has 1 aromatic heterocycles. The molecule has 14 heavy (non-hydrogen) atoms. The molecule has 0 aliphatic carbocycles. The second-order valence-corrected chi connectivity index (χ2v) is 3.55. The second-order valence-electron chi connectivity index (χ2n) is 2.73. The van der Waals surface area contributed by atoms with Crippen LogP contribution in [0.3, 0.4) is 0 Å². The molecule has 2 rings (SSSR count). The SMILES string of the molecule is O=c1cc[nH]n1-c1ccc(Cl)c(Cl)c1. The van der Waals surface area contributed by atoms with Gasteiger partial charge >= 0.3 is 0 Å². The third-order valence-electron chi connectivity index (χ3n) is 1.81. The van der Waals surface area contributed by atoms with Gasteiger partial charge in [-0.2, -0.15) is 0 Å². The summed E-state index contributed by atoms with van der Waals surface area (Å²) in [6.07, 6.45) is 1.56. The van der Waals surface area contributed by atoms with Gasteiger partial charge in [0.15, 0.2) is 0 Å². The van der Waals surface area contributed by atoms with Crippen LogP contribution in [0, 0.1) is 0 Å². The zero-order chi connectivity index (χ0) is 10.1. The summed E-state index contributed by atoms with van der Waals surface area (Å²) in [7, 11) is 0. The lowest BCUT2D eigenvalue weighted by Crippen LogP contribution is -2.13. The zero-order valence-corrected chi connectivity index (χ0v) is 8.51. The van der Waals surface area contributed by atoms with Gasteiger partial charge in [-0.1, -0.05) is 23.2 Å². The van der Waals surface area contributed by atoms with Gasteiger partial charge in [0.2, 0.25) is 0 Å². The Morgan fingerprint density at radius 3 is 2.50 bits per heavy atom. The first-order valence-electron chi connectivity index (χ1n) is 3.90. The molecule has 72 valence electrons. The van der Waals surface area contributed by atoms with Gasteiger partial charge in [0.25, 0.3) is 5.56 Å². The van der Waals surface area contributed by atoms with Crippen molar-refractivity contribution < 1.29 is 0 Å². The fourth-order valence-corrected chi connectivity index (χ4v) is 1.44. The highest BCUT2D eigenvalue weighted by molar-refractivity contribution is 6.42. The van der Waals surface area contributed by atoms with E-state index in [1.807, 2.05) is 0 Å². The smallest absolute Gasteiger partial charge is 0.271 e. The molecule has 0 radical (unpaired) electrons. The fraction of sp³-hybridized carbons (Fsp3) is 0. The first-order valence-corrected chi connectivity index (χ1v) is 4.66. The minimum Gasteiger partial charge on any atom is -0.298 e. The Labute approximate surface area is 89.9 Å². The lowest BCUT2D eigenvalue weighted by atomic mass is 10.3. The number of halogens is 2. The molecule has 1 heterocycles. The minimum atomic E-state index is -0.136. The molecule has 0 aliphatic heterocycles. The molecule has 0 atom stereocenters. The average molecular weight is 229 g/mol. The van der Waals surface area contributed by atoms with E-state index >= 15 is 0 Å². The van der Waals surface area contributed by atoms with Gasteiger partial charge in [0.1, 0.15) is 0 Å². The van der Waals surface area contributed by atoms with Crippen LogP contribution in [0.15, 0.2) is 35.3 Å². The highest BCUT2D eigenvalue weighted by atomic mass is 35.5. The Morgan fingerprint density at radius 1 is 1.14 bits per heavy atom. The monoisotopic (exact) mass is 228 g/mol. The largest absolute Gasteiger partial charge is 0.298 e. The molecule has 0 amide bonds. The molecule has 0 saturated heterocycles. The van der Waals surface area contributed by atoms with Crippen molar-refractivity contribution in [2.45, 2.75) is 0 Å². The summed E-state index contributed by atoms with van der Waals surface area (Å²) < 4.78 is 1.38. The summed E-state index contributed by atoms with van der Waals surface area (Å²) in [5.41, 5.74) is 0.526. The maximum atomic E-state index is 11.3. The summed E-state index contributed by atoms with van der Waals surface area (Å²) in [6.45, 7) is 0. The molecule has 5 heteroatoms. The number of benzene rings is 1. The van der Waals surface area contributed by atoms with Crippen molar-refractivity contribution in [3.8, 4) is 5.69 Å². The number of hydrogen-bond donors (Lipinski definition) is 1. The van der Waals surface area contributed by atoms with Crippen molar-refractivity contribution in [3.05, 3.63) is 50.9 Å². The molecule has 0 bridgehead atoms. The highest BCUT2D eigenvalue weighted by Gasteiger charge is 2.02. The number of nitrogens with zero attached hydrogens (tertiary/aromatic N) is 1. The third-order valence-corrected chi connectivity index (χ3v) is 2.55. The molecular weight excluding hydrogens is 223 g/mol. The van der Waals surface area contributed by atoms with Gasteiger partial charge in [0, 0.05) is 12.3 Å². The summed E-state index contributed by atoms with van der Waals surface area (Å²) in [5, 5.41) is 3.66. The topological polar surface area (TPSA) is 37.8 Å². The molecule has 0 aliphatic rings. The zero-order valence-electron chi connectivity index (χ0n) is 7.00. The van der Waals surface area contributed by atoms with E-state index in [2.05, 4.69) is 5.10 Å². The van der Waals surface area contributed by atoms with E-state index < -0.39 is 0 Å². The van der Waals surface area contributed by atoms with E-state index in [0.29, 0.717) is 15.7 Å². The first kappa shape index (κ1) is 9.37. The normalized spacial score (nSPS) is 10.4. The van der Waals surface area contributed by atoms with Crippen molar-refractivity contribution in [1.29, 1.82) is 0 Å². The van der Waals surface area contributed by atoms with Crippen LogP contribution in [0.2, 0.25) is 10.0 Å². The number of rotatable bonds is 1. The Balaban J connectivity index is 2.59. The third kappa shape index (κ3) is 1.56. The summed E-state index contributed by atoms with van der Waals surface area (Å²) in [5.74, 6) is 0. The van der Waals surface area contributed by atoms with Crippen molar-refractivity contribution in [3.63, 3.8) is 0 Å². The van der Waals surface area contributed by atoms with E-state index in [9.17, 15) is 4.79 Å². The average Bonchev–Trinajstić information content (AvgIpc) is 2.57. The summed E-state index contributed by atoms with van der Waals surface area (Å²) >= 11 is 11.6. The van der Waals surface area contributed by atoms with Crippen LogP contribution in [-0.2, 0) is 0 Å². The van der Waals surface area contributed by atoms with Gasteiger partial charge < -0.3 is 0 Å². The second kappa shape index (κ2) is 3.52. The van der Waals surface area contributed by atoms with Crippen LogP contribution < -0.4 is 5.56 Å². The van der Waals surface area contributed by atoms with Gasteiger partial charge in [-0.3, -0.25) is 9.89 Å². The molecule has 0 saturated carbocycles. The quantitative estimate of drug-likeness (QED) is 0.801. The van der Waals surface area contributed by atoms with Crippen LogP contribution in [-0.4, -0.2) is 9.78 Å².